The fourth-order valence-corrected chi connectivity index (χ4v) is 2.27. The molecule has 2 unspecified atom stereocenters. The first-order valence-corrected chi connectivity index (χ1v) is 6.74. The van der Waals surface area contributed by atoms with Crippen molar-refractivity contribution in [2.24, 2.45) is 0 Å². The van der Waals surface area contributed by atoms with Crippen LogP contribution in [0.15, 0.2) is 0 Å². The number of ether oxygens (including phenoxy) is 1. The zero-order valence-electron chi connectivity index (χ0n) is 9.34. The Bertz CT molecular complexity index is 148. The molecule has 1 fully saturated rings. The van der Waals surface area contributed by atoms with Gasteiger partial charge >= 0.3 is 0 Å². The van der Waals surface area contributed by atoms with Crippen LogP contribution in [-0.4, -0.2) is 42.6 Å². The van der Waals surface area contributed by atoms with Crippen molar-refractivity contribution in [2.45, 2.75) is 44.8 Å². The van der Waals surface area contributed by atoms with Gasteiger partial charge in [-0.15, -0.1) is 0 Å². The Morgan fingerprint density at radius 1 is 1.57 bits per heavy atom. The number of nitrogens with zero attached hydrogens (tertiary/aromatic N) is 1. The average molecular weight is 264 g/mol. The topological polar surface area (TPSA) is 12.5 Å². The predicted molar refractivity (Wildman–Crippen MR) is 64.1 cm³/mol. The van der Waals surface area contributed by atoms with Gasteiger partial charge in [-0.25, -0.2) is 0 Å². The molecule has 0 aliphatic carbocycles. The summed E-state index contributed by atoms with van der Waals surface area (Å²) >= 11 is 3.51. The van der Waals surface area contributed by atoms with Crippen molar-refractivity contribution in [3.05, 3.63) is 0 Å². The first-order valence-electron chi connectivity index (χ1n) is 5.62. The summed E-state index contributed by atoms with van der Waals surface area (Å²) in [6, 6.07) is 0.638. The predicted octanol–water partition coefficient (Wildman–Crippen LogP) is 2.66. The van der Waals surface area contributed by atoms with Gasteiger partial charge < -0.3 is 9.64 Å². The standard InChI is InChI=1S/C11H22BrNO/c1-10(9-12)13(2)7-3-5-11-6-4-8-14-11/h10-11H,3-9H2,1-2H3. The largest absolute Gasteiger partial charge is 0.378 e. The quantitative estimate of drug-likeness (QED) is 0.684. The molecule has 0 aromatic heterocycles. The van der Waals surface area contributed by atoms with Crippen LogP contribution < -0.4 is 0 Å². The Hall–Kier alpha value is 0.400. The summed E-state index contributed by atoms with van der Waals surface area (Å²) in [6.07, 6.45) is 5.59. The maximum atomic E-state index is 5.59. The number of hydrogen-bond acceptors (Lipinski definition) is 2. The van der Waals surface area contributed by atoms with Gasteiger partial charge in [0.05, 0.1) is 6.10 Å². The Morgan fingerprint density at radius 2 is 2.36 bits per heavy atom. The average Bonchev–Trinajstić information content (AvgIpc) is 2.69. The fraction of sp³-hybridized carbons (Fsp3) is 1.00. The van der Waals surface area contributed by atoms with Crippen molar-refractivity contribution in [3.8, 4) is 0 Å². The minimum absolute atomic E-state index is 0.558. The summed E-state index contributed by atoms with van der Waals surface area (Å²) in [5.41, 5.74) is 0. The third kappa shape index (κ3) is 4.28. The molecule has 14 heavy (non-hydrogen) atoms. The van der Waals surface area contributed by atoms with Gasteiger partial charge in [-0.05, 0) is 46.2 Å². The van der Waals surface area contributed by atoms with E-state index >= 15 is 0 Å². The zero-order chi connectivity index (χ0) is 10.4. The normalized spacial score (nSPS) is 24.4. The molecule has 0 aromatic rings. The van der Waals surface area contributed by atoms with Crippen molar-refractivity contribution in [3.63, 3.8) is 0 Å². The van der Waals surface area contributed by atoms with E-state index in [-0.39, 0.29) is 0 Å². The lowest BCUT2D eigenvalue weighted by Crippen LogP contribution is -2.31. The molecule has 3 heteroatoms. The molecular weight excluding hydrogens is 242 g/mol. The second kappa shape index (κ2) is 6.81. The van der Waals surface area contributed by atoms with Crippen molar-refractivity contribution in [2.75, 3.05) is 25.5 Å². The van der Waals surface area contributed by atoms with Crippen LogP contribution in [0.25, 0.3) is 0 Å². The maximum absolute atomic E-state index is 5.59. The minimum atomic E-state index is 0.558. The molecule has 0 bridgehead atoms. The van der Waals surface area contributed by atoms with E-state index in [1.807, 2.05) is 0 Å². The summed E-state index contributed by atoms with van der Waals surface area (Å²) in [6.45, 7) is 4.42. The lowest BCUT2D eigenvalue weighted by atomic mass is 10.1. The summed E-state index contributed by atoms with van der Waals surface area (Å²) in [7, 11) is 2.20. The van der Waals surface area contributed by atoms with Crippen LogP contribution in [0.5, 0.6) is 0 Å². The van der Waals surface area contributed by atoms with E-state index in [4.69, 9.17) is 4.74 Å². The van der Waals surface area contributed by atoms with Crippen LogP contribution in [0.3, 0.4) is 0 Å². The molecule has 1 aliphatic heterocycles. The smallest absolute Gasteiger partial charge is 0.0576 e. The van der Waals surface area contributed by atoms with Gasteiger partial charge in [0.25, 0.3) is 0 Å². The molecule has 1 aliphatic rings. The van der Waals surface area contributed by atoms with Crippen molar-refractivity contribution in [1.29, 1.82) is 0 Å². The SMILES string of the molecule is CC(CBr)N(C)CCCC1CCCO1. The highest BCUT2D eigenvalue weighted by Gasteiger charge is 2.15. The van der Waals surface area contributed by atoms with Crippen LogP contribution >= 0.6 is 15.9 Å². The van der Waals surface area contributed by atoms with Crippen molar-refractivity contribution >= 4 is 15.9 Å². The number of hydrogen-bond donors (Lipinski definition) is 0. The van der Waals surface area contributed by atoms with Crippen LogP contribution in [0.1, 0.15) is 32.6 Å². The Labute approximate surface area is 96.1 Å². The molecule has 1 saturated heterocycles. The lowest BCUT2D eigenvalue weighted by Gasteiger charge is -2.23. The summed E-state index contributed by atoms with van der Waals surface area (Å²) in [5.74, 6) is 0. The maximum Gasteiger partial charge on any atom is 0.0576 e. The molecule has 0 spiro atoms. The highest BCUT2D eigenvalue weighted by molar-refractivity contribution is 9.09. The van der Waals surface area contributed by atoms with Crippen molar-refractivity contribution in [1.82, 2.24) is 4.90 Å². The third-order valence-corrected chi connectivity index (χ3v) is 3.97. The summed E-state index contributed by atoms with van der Waals surface area (Å²) in [4.78, 5) is 2.41. The van der Waals surface area contributed by atoms with Gasteiger partial charge in [0, 0.05) is 18.0 Å². The van der Waals surface area contributed by atoms with Gasteiger partial charge in [0.2, 0.25) is 0 Å². The lowest BCUT2D eigenvalue weighted by molar-refractivity contribution is 0.0987. The van der Waals surface area contributed by atoms with E-state index in [9.17, 15) is 0 Å². The number of rotatable bonds is 6. The fourth-order valence-electron chi connectivity index (χ4n) is 1.78. The van der Waals surface area contributed by atoms with Gasteiger partial charge in [0.1, 0.15) is 0 Å². The van der Waals surface area contributed by atoms with Gasteiger partial charge in [0.15, 0.2) is 0 Å². The van der Waals surface area contributed by atoms with Crippen LogP contribution in [0.2, 0.25) is 0 Å². The number of alkyl halides is 1. The summed E-state index contributed by atoms with van der Waals surface area (Å²) in [5, 5.41) is 1.06. The highest BCUT2D eigenvalue weighted by Crippen LogP contribution is 2.17. The Kier molecular flexibility index (Phi) is 6.06. The molecule has 2 atom stereocenters. The molecule has 84 valence electrons. The van der Waals surface area contributed by atoms with E-state index in [2.05, 4.69) is 34.8 Å². The molecule has 1 heterocycles. The van der Waals surface area contributed by atoms with E-state index in [1.54, 1.807) is 0 Å². The second-order valence-corrected chi connectivity index (χ2v) is 4.91. The molecule has 0 N–H and O–H groups in total. The highest BCUT2D eigenvalue weighted by atomic mass is 79.9. The minimum Gasteiger partial charge on any atom is -0.378 e. The van der Waals surface area contributed by atoms with Crippen LogP contribution in [0.4, 0.5) is 0 Å². The molecule has 0 aromatic carbocycles. The first kappa shape index (κ1) is 12.5. The van der Waals surface area contributed by atoms with Gasteiger partial charge in [-0.3, -0.25) is 0 Å². The zero-order valence-corrected chi connectivity index (χ0v) is 10.9. The molecule has 0 amide bonds. The van der Waals surface area contributed by atoms with Gasteiger partial charge in [-0.2, -0.15) is 0 Å². The van der Waals surface area contributed by atoms with Crippen LogP contribution in [-0.2, 0) is 4.74 Å². The van der Waals surface area contributed by atoms with E-state index < -0.39 is 0 Å². The van der Waals surface area contributed by atoms with Crippen LogP contribution in [0, 0.1) is 0 Å². The molecule has 0 radical (unpaired) electrons. The Balaban J connectivity index is 2.02. The molecule has 1 rings (SSSR count). The van der Waals surface area contributed by atoms with E-state index in [0.717, 1.165) is 11.9 Å². The van der Waals surface area contributed by atoms with Crippen molar-refractivity contribution < 1.29 is 4.74 Å². The van der Waals surface area contributed by atoms with Gasteiger partial charge in [-0.1, -0.05) is 15.9 Å². The monoisotopic (exact) mass is 263 g/mol. The first-order chi connectivity index (χ1) is 6.74. The van der Waals surface area contributed by atoms with E-state index in [1.165, 1.54) is 32.2 Å². The summed E-state index contributed by atoms with van der Waals surface area (Å²) < 4.78 is 5.59. The Morgan fingerprint density at radius 3 is 2.93 bits per heavy atom. The second-order valence-electron chi connectivity index (χ2n) is 4.26. The number of halogens is 1. The molecule has 2 nitrogen and oxygen atoms in total. The molecular formula is C11H22BrNO. The van der Waals surface area contributed by atoms with E-state index in [0.29, 0.717) is 12.1 Å². The third-order valence-electron chi connectivity index (χ3n) is 3.04. The molecule has 0 saturated carbocycles.